The van der Waals surface area contributed by atoms with Crippen LogP contribution in [0.4, 0.5) is 0 Å². The van der Waals surface area contributed by atoms with Crippen LogP contribution in [0.1, 0.15) is 63.3 Å². The summed E-state index contributed by atoms with van der Waals surface area (Å²) in [5.74, 6) is 0.298. The van der Waals surface area contributed by atoms with Gasteiger partial charge < -0.3 is 0 Å². The Morgan fingerprint density at radius 3 is 2.07 bits per heavy atom. The molecule has 55 heavy (non-hydrogen) atoms. The number of allylic oxidation sites excluding steroid dienone is 5. The first-order valence-corrected chi connectivity index (χ1v) is 19.7. The summed E-state index contributed by atoms with van der Waals surface area (Å²) >= 11 is 0. The van der Waals surface area contributed by atoms with E-state index in [9.17, 15) is 0 Å². The Hall–Kier alpha value is -6.57. The number of benzene rings is 7. The highest BCUT2D eigenvalue weighted by Crippen LogP contribution is 2.64. The zero-order valence-corrected chi connectivity index (χ0v) is 30.5. The molecule has 0 bridgehead atoms. The second-order valence-corrected chi connectivity index (χ2v) is 15.6. The van der Waals surface area contributed by atoms with E-state index in [-0.39, 0.29) is 0 Å². The van der Waals surface area contributed by atoms with Gasteiger partial charge in [-0.25, -0.2) is 4.98 Å². The van der Waals surface area contributed by atoms with Crippen LogP contribution in [0.2, 0.25) is 0 Å². The van der Waals surface area contributed by atoms with Gasteiger partial charge in [-0.3, -0.25) is 0 Å². The Kier molecular flexibility index (Phi) is 6.57. The van der Waals surface area contributed by atoms with Gasteiger partial charge in [0.15, 0.2) is 0 Å². The van der Waals surface area contributed by atoms with Crippen molar-refractivity contribution in [2.45, 2.75) is 30.6 Å². The molecule has 4 aliphatic carbocycles. The van der Waals surface area contributed by atoms with Crippen LogP contribution in [0, 0.1) is 0 Å². The van der Waals surface area contributed by atoms with Crippen LogP contribution in [0.3, 0.4) is 0 Å². The highest BCUT2D eigenvalue weighted by Gasteiger charge is 2.52. The maximum atomic E-state index is 5.57. The van der Waals surface area contributed by atoms with Gasteiger partial charge >= 0.3 is 0 Å². The molecule has 1 heterocycles. The zero-order valence-electron chi connectivity index (χ0n) is 30.5. The third-order valence-electron chi connectivity index (χ3n) is 12.9. The molecule has 0 amide bonds. The lowest BCUT2D eigenvalue weighted by Crippen LogP contribution is -2.25. The summed E-state index contributed by atoms with van der Waals surface area (Å²) in [6.07, 6.45) is 15.1. The topological polar surface area (TPSA) is 12.9 Å². The molecule has 258 valence electrons. The first-order valence-electron chi connectivity index (χ1n) is 19.7. The molecule has 0 N–H and O–H groups in total. The molecule has 1 nitrogen and oxygen atoms in total. The van der Waals surface area contributed by atoms with Gasteiger partial charge in [-0.1, -0.05) is 170 Å². The number of nitrogens with zero attached hydrogens (tertiary/aromatic N) is 1. The summed E-state index contributed by atoms with van der Waals surface area (Å²) in [5, 5.41) is 3.68. The van der Waals surface area contributed by atoms with Crippen LogP contribution in [0.15, 0.2) is 176 Å². The van der Waals surface area contributed by atoms with Gasteiger partial charge in [-0.2, -0.15) is 0 Å². The first kappa shape index (κ1) is 30.8. The summed E-state index contributed by atoms with van der Waals surface area (Å²) in [4.78, 5) is 5.57. The SMILES string of the molecule is C1=Cc2c(cccc2C2=CCC(c3cccc(-c4nc5ccccc5c5ccc6c(c45)-c4ccccc4C64c5ccccc5-c5ccccc54)c3)C=C2)CC1. The molecular weight excluding hydrogens is 663 g/mol. The Labute approximate surface area is 321 Å². The van der Waals surface area contributed by atoms with Crippen molar-refractivity contribution < 1.29 is 0 Å². The lowest BCUT2D eigenvalue weighted by atomic mass is 9.70. The maximum Gasteiger partial charge on any atom is 0.0794 e. The summed E-state index contributed by atoms with van der Waals surface area (Å²) < 4.78 is 0. The Morgan fingerprint density at radius 1 is 0.564 bits per heavy atom. The number of fused-ring (bicyclic) bond motifs is 15. The second kappa shape index (κ2) is 11.7. The van der Waals surface area contributed by atoms with Crippen molar-refractivity contribution in [1.29, 1.82) is 0 Å². The van der Waals surface area contributed by atoms with Crippen LogP contribution in [0.25, 0.3) is 66.8 Å². The number of pyridine rings is 1. The number of aromatic nitrogens is 1. The first-order chi connectivity index (χ1) is 27.3. The van der Waals surface area contributed by atoms with Crippen molar-refractivity contribution >= 4 is 33.3 Å². The van der Waals surface area contributed by atoms with Crippen molar-refractivity contribution in [3.63, 3.8) is 0 Å². The van der Waals surface area contributed by atoms with Gasteiger partial charge in [0.2, 0.25) is 0 Å². The fraction of sp³-hybridized carbons (Fsp3) is 0.0926. The Bertz CT molecular complexity index is 2980. The summed E-state index contributed by atoms with van der Waals surface area (Å²) in [6.45, 7) is 0. The van der Waals surface area contributed by atoms with E-state index in [2.05, 4.69) is 182 Å². The van der Waals surface area contributed by atoms with E-state index in [0.717, 1.165) is 36.0 Å². The van der Waals surface area contributed by atoms with Gasteiger partial charge in [0.25, 0.3) is 0 Å². The maximum absolute atomic E-state index is 5.57. The lowest BCUT2D eigenvalue weighted by Gasteiger charge is -2.30. The second-order valence-electron chi connectivity index (χ2n) is 15.6. The van der Waals surface area contributed by atoms with Crippen LogP contribution in [-0.4, -0.2) is 4.98 Å². The van der Waals surface area contributed by atoms with Crippen molar-refractivity contribution in [3.8, 4) is 33.5 Å². The average Bonchev–Trinajstić information content (AvgIpc) is 3.73. The molecule has 12 rings (SSSR count). The van der Waals surface area contributed by atoms with Gasteiger partial charge in [0.05, 0.1) is 16.6 Å². The Balaban J connectivity index is 1.06. The van der Waals surface area contributed by atoms with Gasteiger partial charge in [0, 0.05) is 22.3 Å². The number of hydrogen-bond donors (Lipinski definition) is 0. The molecule has 0 saturated carbocycles. The number of rotatable bonds is 3. The summed E-state index contributed by atoms with van der Waals surface area (Å²) in [6, 6.07) is 56.7. The number of aryl methyl sites for hydroxylation is 1. The fourth-order valence-electron chi connectivity index (χ4n) is 10.5. The molecule has 1 spiro atoms. The van der Waals surface area contributed by atoms with E-state index in [1.807, 2.05) is 0 Å². The molecule has 1 unspecified atom stereocenters. The minimum absolute atomic E-state index is 0.298. The number of para-hydroxylation sites is 1. The van der Waals surface area contributed by atoms with Crippen LogP contribution >= 0.6 is 0 Å². The van der Waals surface area contributed by atoms with Gasteiger partial charge in [0.1, 0.15) is 0 Å². The van der Waals surface area contributed by atoms with Crippen LogP contribution in [0.5, 0.6) is 0 Å². The van der Waals surface area contributed by atoms with Gasteiger partial charge in [-0.05, 0) is 109 Å². The lowest BCUT2D eigenvalue weighted by molar-refractivity contribution is 0.794. The van der Waals surface area contributed by atoms with E-state index < -0.39 is 5.41 Å². The monoisotopic (exact) mass is 699 g/mol. The molecular formula is C54H37N. The van der Waals surface area contributed by atoms with Crippen molar-refractivity contribution in [2.75, 3.05) is 0 Å². The molecule has 0 aliphatic heterocycles. The van der Waals surface area contributed by atoms with Crippen molar-refractivity contribution in [1.82, 2.24) is 4.98 Å². The van der Waals surface area contributed by atoms with Crippen molar-refractivity contribution in [3.05, 3.63) is 220 Å². The van der Waals surface area contributed by atoms with E-state index in [0.29, 0.717) is 5.92 Å². The zero-order chi connectivity index (χ0) is 36.1. The minimum Gasteiger partial charge on any atom is -0.247 e. The van der Waals surface area contributed by atoms with Gasteiger partial charge in [-0.15, -0.1) is 0 Å². The van der Waals surface area contributed by atoms with Crippen molar-refractivity contribution in [2.24, 2.45) is 0 Å². The minimum atomic E-state index is -0.400. The van der Waals surface area contributed by atoms with Crippen LogP contribution < -0.4 is 0 Å². The normalized spacial score (nSPS) is 16.8. The molecule has 1 atom stereocenters. The smallest absolute Gasteiger partial charge is 0.0794 e. The molecule has 1 heteroatoms. The van der Waals surface area contributed by atoms with E-state index in [1.165, 1.54) is 88.5 Å². The standard InChI is InChI=1S/C54H37N/c1-2-17-39-35(13-1)14-12-22-40(39)36-29-27-34(28-30-36)37-15-11-16-38(33-37)53-52-44(43-20-6-10-26-50(43)55-53)31-32-49-51(52)45-21-5-9-25-48(45)54(49)46-23-7-3-18-41(46)42-19-4-8-24-47(42)54/h2-12,14-27,29-34H,1,13,28H2. The molecule has 7 aromatic carbocycles. The average molecular weight is 700 g/mol. The molecule has 0 saturated heterocycles. The quantitative estimate of drug-likeness (QED) is 0.167. The summed E-state index contributed by atoms with van der Waals surface area (Å²) in [7, 11) is 0. The molecule has 4 aliphatic rings. The highest BCUT2D eigenvalue weighted by atomic mass is 14.7. The third-order valence-corrected chi connectivity index (χ3v) is 12.9. The van der Waals surface area contributed by atoms with E-state index in [4.69, 9.17) is 4.98 Å². The third kappa shape index (κ3) is 4.27. The van der Waals surface area contributed by atoms with E-state index in [1.54, 1.807) is 0 Å². The largest absolute Gasteiger partial charge is 0.247 e. The predicted molar refractivity (Wildman–Crippen MR) is 229 cm³/mol. The summed E-state index contributed by atoms with van der Waals surface area (Å²) in [5.41, 5.74) is 20.4. The molecule has 8 aromatic rings. The van der Waals surface area contributed by atoms with E-state index >= 15 is 0 Å². The molecule has 1 aromatic heterocycles. The Morgan fingerprint density at radius 2 is 1.27 bits per heavy atom. The predicted octanol–water partition coefficient (Wildman–Crippen LogP) is 13.5. The fourth-order valence-corrected chi connectivity index (χ4v) is 10.5. The number of hydrogen-bond acceptors (Lipinski definition) is 1. The molecule has 0 radical (unpaired) electrons. The highest BCUT2D eigenvalue weighted by molar-refractivity contribution is 6.19. The molecule has 0 fully saturated rings. The van der Waals surface area contributed by atoms with Crippen LogP contribution in [-0.2, 0) is 11.8 Å².